The van der Waals surface area contributed by atoms with Gasteiger partial charge in [0.15, 0.2) is 0 Å². The van der Waals surface area contributed by atoms with Crippen molar-refractivity contribution in [2.24, 2.45) is 0 Å². The molecular weight excluding hydrogens is 252 g/mol. The fourth-order valence-corrected chi connectivity index (χ4v) is 3.29. The van der Waals surface area contributed by atoms with E-state index in [0.29, 0.717) is 0 Å². The van der Waals surface area contributed by atoms with Crippen LogP contribution in [-0.2, 0) is 6.54 Å². The molecule has 0 amide bonds. The maximum absolute atomic E-state index is 3.36. The second kappa shape index (κ2) is 8.62. The van der Waals surface area contributed by atoms with Gasteiger partial charge in [-0.3, -0.25) is 0 Å². The monoisotopic (exact) mass is 278 g/mol. The molecule has 1 aliphatic rings. The molecule has 0 aromatic heterocycles. The third-order valence-electron chi connectivity index (χ3n) is 3.59. The highest BCUT2D eigenvalue weighted by atomic mass is 32.2. The normalized spacial score (nSPS) is 16.1. The van der Waals surface area contributed by atoms with Crippen LogP contribution in [0.25, 0.3) is 0 Å². The van der Waals surface area contributed by atoms with Crippen molar-refractivity contribution < 1.29 is 0 Å². The van der Waals surface area contributed by atoms with E-state index in [1.54, 1.807) is 0 Å². The van der Waals surface area contributed by atoms with Gasteiger partial charge in [0.1, 0.15) is 0 Å². The van der Waals surface area contributed by atoms with Crippen molar-refractivity contribution in [3.63, 3.8) is 0 Å². The molecular formula is C16H26N2S. The minimum atomic E-state index is 0.983. The van der Waals surface area contributed by atoms with E-state index in [0.717, 1.165) is 13.1 Å². The molecule has 2 rings (SSSR count). The summed E-state index contributed by atoms with van der Waals surface area (Å²) in [6, 6.07) is 9.00. The van der Waals surface area contributed by atoms with Crippen molar-refractivity contribution in [1.82, 2.24) is 10.2 Å². The van der Waals surface area contributed by atoms with Crippen molar-refractivity contribution in [3.8, 4) is 0 Å². The van der Waals surface area contributed by atoms with Gasteiger partial charge in [-0.05, 0) is 68.9 Å². The zero-order valence-electron chi connectivity index (χ0n) is 12.0. The summed E-state index contributed by atoms with van der Waals surface area (Å²) in [5.74, 6) is 1.24. The predicted molar refractivity (Wildman–Crippen MR) is 84.8 cm³/mol. The Hall–Kier alpha value is -0.510. The molecule has 0 radical (unpaired) electrons. The van der Waals surface area contributed by atoms with E-state index >= 15 is 0 Å². The summed E-state index contributed by atoms with van der Waals surface area (Å²) in [6.07, 6.45) is 4.12. The minimum Gasteiger partial charge on any atom is -0.313 e. The van der Waals surface area contributed by atoms with Crippen LogP contribution in [0, 0.1) is 0 Å². The van der Waals surface area contributed by atoms with Gasteiger partial charge in [-0.15, -0.1) is 11.8 Å². The fourth-order valence-electron chi connectivity index (χ4n) is 2.46. The molecule has 1 fully saturated rings. The van der Waals surface area contributed by atoms with Crippen molar-refractivity contribution >= 4 is 11.8 Å². The summed E-state index contributed by atoms with van der Waals surface area (Å²) in [6.45, 7) is 8.09. The molecule has 0 atom stereocenters. The Labute approximate surface area is 122 Å². The van der Waals surface area contributed by atoms with Crippen LogP contribution in [0.2, 0.25) is 0 Å². The van der Waals surface area contributed by atoms with Crippen LogP contribution in [0.4, 0.5) is 0 Å². The second-order valence-corrected chi connectivity index (χ2v) is 6.34. The lowest BCUT2D eigenvalue weighted by Crippen LogP contribution is -2.20. The molecule has 1 aliphatic heterocycles. The van der Waals surface area contributed by atoms with Crippen molar-refractivity contribution in [2.75, 3.05) is 31.9 Å². The Balaban J connectivity index is 1.62. The summed E-state index contributed by atoms with van der Waals surface area (Å²) in [5.41, 5.74) is 1.38. The highest BCUT2D eigenvalue weighted by Crippen LogP contribution is 2.20. The molecule has 1 aromatic carbocycles. The first kappa shape index (κ1) is 14.9. The number of rotatable bonds is 8. The first-order valence-corrected chi connectivity index (χ1v) is 8.52. The molecule has 1 N–H and O–H groups in total. The second-order valence-electron chi connectivity index (χ2n) is 5.18. The smallest absolute Gasteiger partial charge is 0.0205 e. The molecule has 0 saturated carbocycles. The molecule has 3 heteroatoms. The van der Waals surface area contributed by atoms with Crippen molar-refractivity contribution in [3.05, 3.63) is 29.8 Å². The van der Waals surface area contributed by atoms with Crippen LogP contribution in [0.3, 0.4) is 0 Å². The highest BCUT2D eigenvalue weighted by molar-refractivity contribution is 7.99. The highest BCUT2D eigenvalue weighted by Gasteiger charge is 2.10. The fraction of sp³-hybridized carbons (Fsp3) is 0.625. The van der Waals surface area contributed by atoms with Gasteiger partial charge in [0.25, 0.3) is 0 Å². The van der Waals surface area contributed by atoms with Crippen LogP contribution in [0.1, 0.15) is 31.7 Å². The molecule has 1 saturated heterocycles. The lowest BCUT2D eigenvalue weighted by Gasteiger charge is -2.13. The van der Waals surface area contributed by atoms with Crippen LogP contribution in [0.5, 0.6) is 0 Å². The van der Waals surface area contributed by atoms with E-state index in [1.807, 2.05) is 11.8 Å². The lowest BCUT2D eigenvalue weighted by atomic mass is 10.2. The summed E-state index contributed by atoms with van der Waals surface area (Å²) >= 11 is 1.99. The Morgan fingerprint density at radius 3 is 2.58 bits per heavy atom. The quantitative estimate of drug-likeness (QED) is 0.580. The third kappa shape index (κ3) is 5.55. The largest absolute Gasteiger partial charge is 0.313 e. The maximum atomic E-state index is 3.36. The molecule has 1 aromatic rings. The van der Waals surface area contributed by atoms with Gasteiger partial charge in [0.05, 0.1) is 0 Å². The average Bonchev–Trinajstić information content (AvgIpc) is 2.96. The van der Waals surface area contributed by atoms with Crippen LogP contribution < -0.4 is 5.32 Å². The van der Waals surface area contributed by atoms with Gasteiger partial charge in [-0.25, -0.2) is 0 Å². The number of nitrogens with one attached hydrogen (secondary N) is 1. The molecule has 0 bridgehead atoms. The average molecular weight is 278 g/mol. The van der Waals surface area contributed by atoms with Crippen molar-refractivity contribution in [2.45, 2.75) is 37.6 Å². The molecule has 2 nitrogen and oxygen atoms in total. The van der Waals surface area contributed by atoms with E-state index in [2.05, 4.69) is 41.4 Å². The number of thioether (sulfide) groups is 1. The zero-order valence-corrected chi connectivity index (χ0v) is 12.8. The Morgan fingerprint density at radius 1 is 1.16 bits per heavy atom. The van der Waals surface area contributed by atoms with E-state index in [4.69, 9.17) is 0 Å². The first-order valence-electron chi connectivity index (χ1n) is 7.53. The summed E-state index contributed by atoms with van der Waals surface area (Å²) < 4.78 is 0. The van der Waals surface area contributed by atoms with Gasteiger partial charge in [0.2, 0.25) is 0 Å². The molecule has 19 heavy (non-hydrogen) atoms. The molecule has 0 unspecified atom stereocenters. The number of hydrogen-bond acceptors (Lipinski definition) is 3. The number of nitrogens with zero attached hydrogens (tertiary/aromatic N) is 1. The zero-order chi connectivity index (χ0) is 13.3. The van der Waals surface area contributed by atoms with Crippen LogP contribution in [-0.4, -0.2) is 36.8 Å². The minimum absolute atomic E-state index is 0.983. The van der Waals surface area contributed by atoms with Gasteiger partial charge in [-0.2, -0.15) is 0 Å². The van der Waals surface area contributed by atoms with Crippen LogP contribution in [0.15, 0.2) is 29.2 Å². The molecule has 0 spiro atoms. The SMILES string of the molecule is CCNCc1ccc(SCCCN2CCCC2)cc1. The van der Waals surface area contributed by atoms with E-state index < -0.39 is 0 Å². The molecule has 1 heterocycles. The molecule has 106 valence electrons. The summed E-state index contributed by atoms with van der Waals surface area (Å²) in [7, 11) is 0. The Kier molecular flexibility index (Phi) is 6.75. The standard InChI is InChI=1S/C16H26N2S/c1-2-17-14-15-6-8-16(9-7-15)19-13-5-12-18-10-3-4-11-18/h6-9,17H,2-5,10-14H2,1H3. The predicted octanol–water partition coefficient (Wildman–Crippen LogP) is 3.37. The number of benzene rings is 1. The summed E-state index contributed by atoms with van der Waals surface area (Å²) in [4.78, 5) is 4.00. The maximum Gasteiger partial charge on any atom is 0.0205 e. The van der Waals surface area contributed by atoms with Gasteiger partial charge in [0, 0.05) is 11.4 Å². The Bertz CT molecular complexity index is 344. The molecule has 0 aliphatic carbocycles. The van der Waals surface area contributed by atoms with E-state index in [1.165, 1.54) is 55.1 Å². The van der Waals surface area contributed by atoms with E-state index in [9.17, 15) is 0 Å². The number of likely N-dealkylation sites (tertiary alicyclic amines) is 1. The van der Waals surface area contributed by atoms with Gasteiger partial charge < -0.3 is 10.2 Å². The third-order valence-corrected chi connectivity index (χ3v) is 4.69. The first-order chi connectivity index (χ1) is 9.38. The van der Waals surface area contributed by atoms with Crippen molar-refractivity contribution in [1.29, 1.82) is 0 Å². The van der Waals surface area contributed by atoms with Crippen LogP contribution >= 0.6 is 11.8 Å². The van der Waals surface area contributed by atoms with Gasteiger partial charge in [-0.1, -0.05) is 19.1 Å². The summed E-state index contributed by atoms with van der Waals surface area (Å²) in [5, 5.41) is 3.36. The van der Waals surface area contributed by atoms with Gasteiger partial charge >= 0.3 is 0 Å². The Morgan fingerprint density at radius 2 is 1.89 bits per heavy atom. The van der Waals surface area contributed by atoms with E-state index in [-0.39, 0.29) is 0 Å². The number of hydrogen-bond donors (Lipinski definition) is 1. The lowest BCUT2D eigenvalue weighted by molar-refractivity contribution is 0.341. The topological polar surface area (TPSA) is 15.3 Å².